The van der Waals surface area contributed by atoms with Crippen LogP contribution in [0, 0.1) is 5.82 Å². The van der Waals surface area contributed by atoms with Crippen molar-refractivity contribution in [1.82, 2.24) is 25.1 Å². The third kappa shape index (κ3) is 5.37. The van der Waals surface area contributed by atoms with Crippen molar-refractivity contribution in [3.05, 3.63) is 41.1 Å². The van der Waals surface area contributed by atoms with Crippen LogP contribution in [-0.2, 0) is 15.7 Å². The predicted molar refractivity (Wildman–Crippen MR) is 116 cm³/mol. The summed E-state index contributed by atoms with van der Waals surface area (Å²) in [7, 11) is 0. The number of anilines is 1. The Hall–Kier alpha value is -3.26. The van der Waals surface area contributed by atoms with E-state index < -0.39 is 30.0 Å². The molecule has 10 nitrogen and oxygen atoms in total. The van der Waals surface area contributed by atoms with Crippen LogP contribution in [0.1, 0.15) is 42.6 Å². The van der Waals surface area contributed by atoms with E-state index in [2.05, 4.69) is 20.6 Å². The third-order valence-corrected chi connectivity index (χ3v) is 5.82. The smallest absolute Gasteiger partial charge is 0.379 e. The summed E-state index contributed by atoms with van der Waals surface area (Å²) in [5.41, 5.74) is 0.648. The van der Waals surface area contributed by atoms with Crippen LogP contribution in [0.2, 0.25) is 0 Å². The summed E-state index contributed by atoms with van der Waals surface area (Å²) >= 11 is 0. The number of halogens is 4. The molecular weight excluding hydrogens is 474 g/mol. The molecule has 4 rings (SSSR count). The molecule has 1 saturated heterocycles. The highest BCUT2D eigenvalue weighted by Gasteiger charge is 2.42. The van der Waals surface area contributed by atoms with Crippen molar-refractivity contribution < 1.29 is 32.2 Å². The van der Waals surface area contributed by atoms with E-state index in [4.69, 9.17) is 4.74 Å². The van der Waals surface area contributed by atoms with Crippen LogP contribution in [0.4, 0.5) is 23.4 Å². The first-order chi connectivity index (χ1) is 16.7. The Labute approximate surface area is 198 Å². The van der Waals surface area contributed by atoms with Crippen LogP contribution in [0.25, 0.3) is 0 Å². The number of hydrogen-bond acceptors (Lipinski definition) is 8. The highest BCUT2D eigenvalue weighted by atomic mass is 19.4. The van der Waals surface area contributed by atoms with Crippen molar-refractivity contribution in [3.63, 3.8) is 0 Å². The molecule has 0 aromatic carbocycles. The zero-order valence-corrected chi connectivity index (χ0v) is 18.9. The van der Waals surface area contributed by atoms with Crippen molar-refractivity contribution in [2.24, 2.45) is 5.10 Å². The molecule has 0 bridgehead atoms. The molecule has 14 heteroatoms. The number of hydrogen-bond donors (Lipinski definition) is 2. The van der Waals surface area contributed by atoms with E-state index in [1.807, 2.05) is 0 Å². The fourth-order valence-electron chi connectivity index (χ4n) is 4.06. The summed E-state index contributed by atoms with van der Waals surface area (Å²) in [6.45, 7) is 3.43. The first kappa shape index (κ1) is 24.9. The Morgan fingerprint density at radius 3 is 2.74 bits per heavy atom. The molecule has 35 heavy (non-hydrogen) atoms. The molecule has 1 amide bonds. The van der Waals surface area contributed by atoms with Gasteiger partial charge < -0.3 is 19.6 Å². The van der Waals surface area contributed by atoms with Gasteiger partial charge in [-0.2, -0.15) is 23.4 Å². The highest BCUT2D eigenvalue weighted by molar-refractivity contribution is 5.81. The number of ether oxygens (including phenoxy) is 1. The number of piperazine rings is 1. The molecule has 2 aliphatic rings. The van der Waals surface area contributed by atoms with Gasteiger partial charge in [-0.1, -0.05) is 0 Å². The fraction of sp³-hybridized carbons (Fsp3) is 0.524. The highest BCUT2D eigenvalue weighted by Crippen LogP contribution is 2.36. The maximum Gasteiger partial charge on any atom is 0.435 e. The molecule has 2 aromatic rings. The average molecular weight is 499 g/mol. The van der Waals surface area contributed by atoms with Crippen molar-refractivity contribution in [2.75, 3.05) is 44.3 Å². The van der Waals surface area contributed by atoms with Gasteiger partial charge in [0, 0.05) is 32.4 Å². The Kier molecular flexibility index (Phi) is 7.21. The topological polar surface area (TPSA) is 108 Å². The third-order valence-electron chi connectivity index (χ3n) is 5.82. The minimum absolute atomic E-state index is 0.00277. The van der Waals surface area contributed by atoms with Crippen molar-refractivity contribution in [3.8, 4) is 0 Å². The molecule has 4 heterocycles. The summed E-state index contributed by atoms with van der Waals surface area (Å²) < 4.78 is 60.7. The maximum absolute atomic E-state index is 13.9. The monoisotopic (exact) mass is 499 g/mol. The van der Waals surface area contributed by atoms with Crippen LogP contribution >= 0.6 is 0 Å². The lowest BCUT2D eigenvalue weighted by atomic mass is 10.1. The Morgan fingerprint density at radius 1 is 1.31 bits per heavy atom. The number of hydrazone groups is 1. The molecule has 0 saturated carbocycles. The fourth-order valence-corrected chi connectivity index (χ4v) is 4.06. The van der Waals surface area contributed by atoms with E-state index in [0.717, 1.165) is 4.68 Å². The summed E-state index contributed by atoms with van der Waals surface area (Å²) in [6, 6.07) is 2.25. The van der Waals surface area contributed by atoms with Crippen LogP contribution in [-0.4, -0.2) is 76.3 Å². The van der Waals surface area contributed by atoms with Gasteiger partial charge in [0.25, 0.3) is 0 Å². The van der Waals surface area contributed by atoms with Crippen LogP contribution < -0.4 is 10.3 Å². The van der Waals surface area contributed by atoms with Gasteiger partial charge in [0.15, 0.2) is 23.6 Å². The minimum atomic E-state index is -4.75. The molecule has 190 valence electrons. The van der Waals surface area contributed by atoms with Crippen LogP contribution in [0.5, 0.6) is 0 Å². The van der Waals surface area contributed by atoms with E-state index in [1.54, 1.807) is 16.7 Å². The van der Waals surface area contributed by atoms with Gasteiger partial charge in [0.1, 0.15) is 0 Å². The van der Waals surface area contributed by atoms with E-state index in [0.29, 0.717) is 26.2 Å². The summed E-state index contributed by atoms with van der Waals surface area (Å²) in [5.74, 6) is -0.275. The Balaban J connectivity index is 1.27. The lowest BCUT2D eigenvalue weighted by Gasteiger charge is -2.35. The summed E-state index contributed by atoms with van der Waals surface area (Å²) in [5, 5.41) is 17.2. The predicted octanol–water partition coefficient (Wildman–Crippen LogP) is 1.68. The Morgan fingerprint density at radius 2 is 2.06 bits per heavy atom. The lowest BCUT2D eigenvalue weighted by molar-refractivity contribution is -0.143. The van der Waals surface area contributed by atoms with Gasteiger partial charge in [0.05, 0.1) is 43.1 Å². The second kappa shape index (κ2) is 10.2. The minimum Gasteiger partial charge on any atom is -0.379 e. The van der Waals surface area contributed by atoms with Gasteiger partial charge >= 0.3 is 6.18 Å². The molecule has 2 unspecified atom stereocenters. The molecular formula is C21H25F4N7O3. The number of carbonyl (C=O) groups excluding carboxylic acids is 1. The van der Waals surface area contributed by atoms with Gasteiger partial charge in [-0.25, -0.2) is 9.37 Å². The standard InChI is InChI=1S/C21H25F4N7O3/c1-13(32-15-11-27-28-20(34)17(15)18(29-32)21(23,24)25)12-35-10-4-16(33)30-6-8-31(9-7-30)19-14(22)3-2-5-26-19/h2-3,5,11,13,20,28,34H,4,6-10,12H2,1H3. The maximum atomic E-state index is 13.9. The number of rotatable bonds is 7. The molecule has 2 N–H and O–H groups in total. The first-order valence-corrected chi connectivity index (χ1v) is 11.0. The second-order valence-electron chi connectivity index (χ2n) is 8.23. The number of amides is 1. The van der Waals surface area contributed by atoms with Crippen LogP contribution in [0.3, 0.4) is 0 Å². The normalized spacial score (nSPS) is 18.9. The first-order valence-electron chi connectivity index (χ1n) is 11.0. The molecule has 0 aliphatic carbocycles. The zero-order chi connectivity index (χ0) is 25.2. The van der Waals surface area contributed by atoms with E-state index >= 15 is 0 Å². The van der Waals surface area contributed by atoms with E-state index in [-0.39, 0.29) is 42.6 Å². The van der Waals surface area contributed by atoms with Gasteiger partial charge in [0.2, 0.25) is 5.91 Å². The lowest BCUT2D eigenvalue weighted by Crippen LogP contribution is -2.49. The van der Waals surface area contributed by atoms with Gasteiger partial charge in [-0.15, -0.1) is 0 Å². The largest absolute Gasteiger partial charge is 0.435 e. The number of alkyl halides is 3. The van der Waals surface area contributed by atoms with Crippen molar-refractivity contribution >= 4 is 17.9 Å². The van der Waals surface area contributed by atoms with E-state index in [9.17, 15) is 27.5 Å². The van der Waals surface area contributed by atoms with Gasteiger partial charge in [-0.05, 0) is 19.1 Å². The van der Waals surface area contributed by atoms with Gasteiger partial charge in [-0.3, -0.25) is 14.9 Å². The van der Waals surface area contributed by atoms with E-state index in [1.165, 1.54) is 24.5 Å². The molecule has 2 atom stereocenters. The zero-order valence-electron chi connectivity index (χ0n) is 18.9. The molecule has 2 aromatic heterocycles. The molecule has 2 aliphatic heterocycles. The number of aliphatic hydroxyl groups excluding tert-OH is 1. The second-order valence-corrected chi connectivity index (χ2v) is 8.23. The van der Waals surface area contributed by atoms with Crippen molar-refractivity contribution in [2.45, 2.75) is 31.8 Å². The van der Waals surface area contributed by atoms with Crippen molar-refractivity contribution in [1.29, 1.82) is 0 Å². The number of nitrogens with zero attached hydrogens (tertiary/aromatic N) is 6. The summed E-state index contributed by atoms with van der Waals surface area (Å²) in [4.78, 5) is 20.0. The SMILES string of the molecule is CC(COCCC(=O)N1CCN(c2ncccc2F)CC1)n1nc(C(F)(F)F)c2c1C=NNC2O. The van der Waals surface area contributed by atoms with Crippen LogP contribution in [0.15, 0.2) is 23.4 Å². The number of nitrogens with one attached hydrogen (secondary N) is 1. The number of pyridine rings is 1. The average Bonchev–Trinajstić information content (AvgIpc) is 3.24. The summed E-state index contributed by atoms with van der Waals surface area (Å²) in [6.07, 6.45) is -3.59. The number of carbonyl (C=O) groups is 1. The molecule has 1 fully saturated rings. The number of aromatic nitrogens is 3. The molecule has 0 spiro atoms. The Bertz CT molecular complexity index is 1080. The quantitative estimate of drug-likeness (QED) is 0.441. The number of aliphatic hydroxyl groups is 1. The number of fused-ring (bicyclic) bond motifs is 1. The molecule has 0 radical (unpaired) electrons.